The zero-order valence-electron chi connectivity index (χ0n) is 13.8. The summed E-state index contributed by atoms with van der Waals surface area (Å²) in [6.45, 7) is 2.36. The molecule has 0 aromatic heterocycles. The fourth-order valence-corrected chi connectivity index (χ4v) is 3.73. The first kappa shape index (κ1) is 15.3. The number of hydrogen-bond donors (Lipinski definition) is 0. The number of amides is 1. The van der Waals surface area contributed by atoms with Crippen LogP contribution in [0.4, 0.5) is 4.48 Å². The van der Waals surface area contributed by atoms with E-state index in [4.69, 9.17) is 0 Å². The molecule has 0 radical (unpaired) electrons. The molecule has 0 spiro atoms. The highest BCUT2D eigenvalue weighted by Crippen LogP contribution is 2.31. The molecule has 2 aromatic carbocycles. The van der Waals surface area contributed by atoms with Crippen LogP contribution < -0.4 is 0 Å². The van der Waals surface area contributed by atoms with Crippen LogP contribution >= 0.6 is 0 Å². The Morgan fingerprint density at radius 3 is 2.38 bits per heavy atom. The van der Waals surface area contributed by atoms with Gasteiger partial charge < -0.3 is 4.90 Å². The van der Waals surface area contributed by atoms with E-state index in [1.165, 1.54) is 18.4 Å². The van der Waals surface area contributed by atoms with Crippen LogP contribution in [0.25, 0.3) is 11.1 Å². The summed E-state index contributed by atoms with van der Waals surface area (Å²) in [6.07, 6.45) is 2.41. The van der Waals surface area contributed by atoms with Crippen molar-refractivity contribution in [3.8, 4) is 11.1 Å². The van der Waals surface area contributed by atoms with Crippen LogP contribution in [0.1, 0.15) is 40.2 Å². The summed E-state index contributed by atoms with van der Waals surface area (Å²) >= 11 is 0. The van der Waals surface area contributed by atoms with Crippen molar-refractivity contribution in [1.82, 2.24) is 10.0 Å². The van der Waals surface area contributed by atoms with Gasteiger partial charge in [-0.25, -0.2) is 0 Å². The molecule has 1 amide bonds. The molecule has 1 fully saturated rings. The van der Waals surface area contributed by atoms with Crippen molar-refractivity contribution in [2.45, 2.75) is 25.3 Å². The summed E-state index contributed by atoms with van der Waals surface area (Å²) in [5, 5.41) is 0.275. The molecule has 2 aromatic rings. The number of carbonyl (C=O) groups is 1. The number of benzene rings is 2. The second-order valence-corrected chi connectivity index (χ2v) is 6.90. The Bertz CT molecular complexity index is 764. The van der Waals surface area contributed by atoms with E-state index in [9.17, 15) is 9.28 Å². The maximum atomic E-state index is 13.4. The van der Waals surface area contributed by atoms with Crippen molar-refractivity contribution >= 4 is 5.91 Å². The average Bonchev–Trinajstić information content (AvgIpc) is 2.90. The average molecular weight is 324 g/mol. The highest BCUT2D eigenvalue weighted by Gasteiger charge is 2.27. The normalized spacial score (nSPS) is 18.9. The molecule has 1 saturated heterocycles. The lowest BCUT2D eigenvalue weighted by atomic mass is 9.88. The molecule has 3 nitrogen and oxygen atoms in total. The second kappa shape index (κ2) is 6.02. The lowest BCUT2D eigenvalue weighted by molar-refractivity contribution is 0.0220. The first-order valence-corrected chi connectivity index (χ1v) is 8.51. The molecule has 24 heavy (non-hydrogen) atoms. The zero-order chi connectivity index (χ0) is 16.7. The maximum absolute atomic E-state index is 13.4. The van der Waals surface area contributed by atoms with E-state index in [1.54, 1.807) is 0 Å². The standard InChI is InChI=1S/C20H21FN2O/c1-22-10-8-16(9-11-22)14-2-4-15(5-3-14)17-6-7-18-13-23(21)20(24)19(18)12-17/h2-7,12,16H,8-11,13H2,1H3. The van der Waals surface area contributed by atoms with E-state index in [0.717, 1.165) is 29.8 Å². The molecule has 0 atom stereocenters. The van der Waals surface area contributed by atoms with Crippen molar-refractivity contribution in [1.29, 1.82) is 0 Å². The van der Waals surface area contributed by atoms with Crippen LogP contribution in [0.2, 0.25) is 0 Å². The summed E-state index contributed by atoms with van der Waals surface area (Å²) < 4.78 is 13.4. The molecule has 124 valence electrons. The van der Waals surface area contributed by atoms with E-state index >= 15 is 0 Å². The Morgan fingerprint density at radius 2 is 1.67 bits per heavy atom. The van der Waals surface area contributed by atoms with E-state index in [-0.39, 0.29) is 11.7 Å². The number of rotatable bonds is 2. The number of fused-ring (bicyclic) bond motifs is 1. The van der Waals surface area contributed by atoms with Crippen molar-refractivity contribution in [2.24, 2.45) is 0 Å². The SMILES string of the molecule is CN1CCC(c2ccc(-c3ccc4c(c3)C(=O)N(F)C4)cc2)CC1. The van der Waals surface area contributed by atoms with Gasteiger partial charge in [-0.1, -0.05) is 40.9 Å². The highest BCUT2D eigenvalue weighted by atomic mass is 19.2. The van der Waals surface area contributed by atoms with Gasteiger partial charge in [-0.2, -0.15) is 5.12 Å². The van der Waals surface area contributed by atoms with E-state index in [1.807, 2.05) is 18.2 Å². The molecule has 0 saturated carbocycles. The molecule has 2 aliphatic heterocycles. The largest absolute Gasteiger partial charge is 0.306 e. The van der Waals surface area contributed by atoms with E-state index in [0.29, 0.717) is 11.5 Å². The summed E-state index contributed by atoms with van der Waals surface area (Å²) in [5.41, 5.74) is 4.66. The summed E-state index contributed by atoms with van der Waals surface area (Å²) in [6, 6.07) is 14.2. The van der Waals surface area contributed by atoms with Crippen molar-refractivity contribution in [3.63, 3.8) is 0 Å². The fourth-order valence-electron chi connectivity index (χ4n) is 3.73. The second-order valence-electron chi connectivity index (χ2n) is 6.90. The minimum Gasteiger partial charge on any atom is -0.306 e. The van der Waals surface area contributed by atoms with Crippen molar-refractivity contribution < 1.29 is 9.28 Å². The predicted molar refractivity (Wildman–Crippen MR) is 92.3 cm³/mol. The van der Waals surface area contributed by atoms with Gasteiger partial charge in [-0.05, 0) is 67.2 Å². The fraction of sp³-hybridized carbons (Fsp3) is 0.350. The van der Waals surface area contributed by atoms with E-state index in [2.05, 4.69) is 36.2 Å². The van der Waals surface area contributed by atoms with Gasteiger partial charge in [-0.3, -0.25) is 4.79 Å². The third-order valence-corrected chi connectivity index (χ3v) is 5.30. The lowest BCUT2D eigenvalue weighted by Gasteiger charge is -2.29. The number of carbonyl (C=O) groups excluding carboxylic acids is 1. The molecule has 4 heteroatoms. The van der Waals surface area contributed by atoms with Gasteiger partial charge in [0.2, 0.25) is 0 Å². The molecule has 2 aliphatic rings. The number of halogens is 1. The Kier molecular flexibility index (Phi) is 3.85. The van der Waals surface area contributed by atoms with Crippen LogP contribution in [-0.4, -0.2) is 36.1 Å². The molecular weight excluding hydrogens is 303 g/mol. The number of likely N-dealkylation sites (tertiary alicyclic amines) is 1. The van der Waals surface area contributed by atoms with Crippen molar-refractivity contribution in [3.05, 3.63) is 59.2 Å². The minimum atomic E-state index is -0.533. The van der Waals surface area contributed by atoms with Crippen LogP contribution in [0, 0.1) is 0 Å². The molecular formula is C20H21FN2O. The van der Waals surface area contributed by atoms with Crippen LogP contribution in [0.3, 0.4) is 0 Å². The maximum Gasteiger partial charge on any atom is 0.282 e. The molecule has 0 aliphatic carbocycles. The third-order valence-electron chi connectivity index (χ3n) is 5.30. The Morgan fingerprint density at radius 1 is 1.00 bits per heavy atom. The van der Waals surface area contributed by atoms with Crippen LogP contribution in [-0.2, 0) is 6.54 Å². The monoisotopic (exact) mass is 324 g/mol. The minimum absolute atomic E-state index is 0.0590. The smallest absolute Gasteiger partial charge is 0.282 e. The Hall–Kier alpha value is -2.20. The van der Waals surface area contributed by atoms with Gasteiger partial charge >= 0.3 is 0 Å². The van der Waals surface area contributed by atoms with E-state index < -0.39 is 5.91 Å². The first-order valence-electron chi connectivity index (χ1n) is 8.51. The van der Waals surface area contributed by atoms with Gasteiger partial charge in [-0.15, -0.1) is 0 Å². The first-order chi connectivity index (χ1) is 11.6. The van der Waals surface area contributed by atoms with Crippen molar-refractivity contribution in [2.75, 3.05) is 20.1 Å². The Balaban J connectivity index is 1.57. The van der Waals surface area contributed by atoms with Crippen LogP contribution in [0.5, 0.6) is 0 Å². The van der Waals surface area contributed by atoms with Gasteiger partial charge in [0.05, 0.1) is 6.54 Å². The molecule has 4 rings (SSSR count). The molecule has 0 N–H and O–H groups in total. The number of nitrogens with zero attached hydrogens (tertiary/aromatic N) is 2. The van der Waals surface area contributed by atoms with Gasteiger partial charge in [0.25, 0.3) is 5.91 Å². The number of piperidine rings is 1. The summed E-state index contributed by atoms with van der Waals surface area (Å²) in [4.78, 5) is 14.2. The van der Waals surface area contributed by atoms with Crippen LogP contribution in [0.15, 0.2) is 42.5 Å². The number of hydrogen-bond acceptors (Lipinski definition) is 2. The summed E-state index contributed by atoms with van der Waals surface area (Å²) in [5.74, 6) is 0.103. The quantitative estimate of drug-likeness (QED) is 0.780. The predicted octanol–water partition coefficient (Wildman–Crippen LogP) is 4.00. The molecule has 0 unspecified atom stereocenters. The highest BCUT2D eigenvalue weighted by molar-refractivity contribution is 5.98. The van der Waals surface area contributed by atoms with Gasteiger partial charge in [0, 0.05) is 5.56 Å². The topological polar surface area (TPSA) is 23.6 Å². The summed E-state index contributed by atoms with van der Waals surface area (Å²) in [7, 11) is 2.17. The lowest BCUT2D eigenvalue weighted by Crippen LogP contribution is -2.29. The molecule has 0 bridgehead atoms. The Labute approximate surface area is 141 Å². The molecule has 2 heterocycles. The van der Waals surface area contributed by atoms with Gasteiger partial charge in [0.1, 0.15) is 0 Å². The van der Waals surface area contributed by atoms with Gasteiger partial charge in [0.15, 0.2) is 0 Å². The third kappa shape index (κ3) is 2.71. The zero-order valence-corrected chi connectivity index (χ0v) is 13.8.